The third-order valence-electron chi connectivity index (χ3n) is 4.28. The van der Waals surface area contributed by atoms with Crippen LogP contribution in [0, 0.1) is 0 Å². The standard InChI is InChI=1S/C12H26O4S.C10H9NO4/c1-2-3-4-5-6-7-8-9-10-11-12-16-17(13,14)15;12-9(13)6-8(10(14)15)11-7-4-2-1-3-5-7/h2-12H2,1H3,(H,13,14,15);1-6,11H,(H,12,13)(H,14,15)/b;8-6+. The number of hydrogen-bond donors (Lipinski definition) is 4. The van der Waals surface area contributed by atoms with E-state index < -0.39 is 22.3 Å². The first-order valence-electron chi connectivity index (χ1n) is 10.8. The van der Waals surface area contributed by atoms with Crippen LogP contribution in [-0.4, -0.2) is 41.7 Å². The smallest absolute Gasteiger partial charge is 0.397 e. The Bertz CT molecular complexity index is 778. The minimum absolute atomic E-state index is 0.0926. The van der Waals surface area contributed by atoms with Gasteiger partial charge in [0.05, 0.1) is 12.7 Å². The molecule has 0 saturated heterocycles. The lowest BCUT2D eigenvalue weighted by Gasteiger charge is -2.05. The second kappa shape index (κ2) is 18.2. The summed E-state index contributed by atoms with van der Waals surface area (Å²) >= 11 is 0. The van der Waals surface area contributed by atoms with Crippen LogP contribution in [0.2, 0.25) is 0 Å². The number of anilines is 1. The van der Waals surface area contributed by atoms with Gasteiger partial charge in [-0.1, -0.05) is 82.9 Å². The van der Waals surface area contributed by atoms with Crippen molar-refractivity contribution in [3.63, 3.8) is 0 Å². The number of carboxylic acids is 2. The molecule has 0 spiro atoms. The number of hydrogen-bond acceptors (Lipinski definition) is 6. The van der Waals surface area contributed by atoms with E-state index in [-0.39, 0.29) is 12.3 Å². The zero-order valence-electron chi connectivity index (χ0n) is 18.5. The molecule has 0 unspecified atom stereocenters. The van der Waals surface area contributed by atoms with Gasteiger partial charge in [0.15, 0.2) is 0 Å². The van der Waals surface area contributed by atoms with E-state index in [1.165, 1.54) is 44.9 Å². The minimum Gasteiger partial charge on any atom is -0.478 e. The topological polar surface area (TPSA) is 150 Å². The molecule has 0 fully saturated rings. The molecule has 4 N–H and O–H groups in total. The Balaban J connectivity index is 0.000000604. The monoisotopic (exact) mass is 473 g/mol. The maximum Gasteiger partial charge on any atom is 0.397 e. The summed E-state index contributed by atoms with van der Waals surface area (Å²) in [4.78, 5) is 21.0. The third-order valence-corrected chi connectivity index (χ3v) is 4.75. The van der Waals surface area contributed by atoms with Gasteiger partial charge in [-0.15, -0.1) is 0 Å². The SMILES string of the molecule is CCCCCCCCCCCCOS(=O)(=O)O.O=C(O)/C=C(/Nc1ccccc1)C(=O)O. The Hall–Kier alpha value is -2.43. The van der Waals surface area contributed by atoms with Gasteiger partial charge < -0.3 is 15.5 Å². The summed E-state index contributed by atoms with van der Waals surface area (Å²) in [6, 6.07) is 8.47. The van der Waals surface area contributed by atoms with Crippen LogP contribution in [0.5, 0.6) is 0 Å². The highest BCUT2D eigenvalue weighted by Crippen LogP contribution is 2.11. The molecule has 1 aromatic rings. The fourth-order valence-corrected chi connectivity index (χ4v) is 3.03. The lowest BCUT2D eigenvalue weighted by atomic mass is 10.1. The summed E-state index contributed by atoms with van der Waals surface area (Å²) in [5, 5.41) is 19.6. The van der Waals surface area contributed by atoms with E-state index in [9.17, 15) is 18.0 Å². The van der Waals surface area contributed by atoms with Crippen LogP contribution < -0.4 is 5.32 Å². The molecule has 1 aromatic carbocycles. The zero-order valence-corrected chi connectivity index (χ0v) is 19.3. The first-order valence-corrected chi connectivity index (χ1v) is 12.1. The lowest BCUT2D eigenvalue weighted by Crippen LogP contribution is -2.12. The largest absolute Gasteiger partial charge is 0.478 e. The molecule has 0 atom stereocenters. The second-order valence-electron chi connectivity index (χ2n) is 7.12. The van der Waals surface area contributed by atoms with Crippen molar-refractivity contribution in [2.24, 2.45) is 0 Å². The number of unbranched alkanes of at least 4 members (excludes halogenated alkanes) is 9. The fourth-order valence-electron chi connectivity index (χ4n) is 2.71. The second-order valence-corrected chi connectivity index (χ2v) is 8.22. The van der Waals surface area contributed by atoms with E-state index in [2.05, 4.69) is 16.4 Å². The van der Waals surface area contributed by atoms with Gasteiger partial charge in [0.1, 0.15) is 5.70 Å². The van der Waals surface area contributed by atoms with E-state index >= 15 is 0 Å². The fraction of sp³-hybridized carbons (Fsp3) is 0.545. The maximum absolute atomic E-state index is 10.6. The van der Waals surface area contributed by atoms with Gasteiger partial charge in [0.2, 0.25) is 0 Å². The molecule has 0 saturated carbocycles. The van der Waals surface area contributed by atoms with Crippen LogP contribution in [0.3, 0.4) is 0 Å². The molecule has 182 valence electrons. The predicted molar refractivity (Wildman–Crippen MR) is 123 cm³/mol. The molecule has 0 bridgehead atoms. The normalized spacial score (nSPS) is 11.4. The number of carbonyl (C=O) groups is 2. The number of carboxylic acid groups (broad SMARTS) is 2. The lowest BCUT2D eigenvalue weighted by molar-refractivity contribution is -0.134. The summed E-state index contributed by atoms with van der Waals surface area (Å²) in [5.41, 5.74) is 0.140. The molecule has 0 aromatic heterocycles. The molecule has 0 amide bonds. The van der Waals surface area contributed by atoms with Crippen LogP contribution in [0.4, 0.5) is 5.69 Å². The van der Waals surface area contributed by atoms with Crippen LogP contribution >= 0.6 is 0 Å². The Morgan fingerprint density at radius 2 is 1.41 bits per heavy atom. The van der Waals surface area contributed by atoms with Crippen molar-refractivity contribution in [3.05, 3.63) is 42.1 Å². The molecule has 0 aliphatic carbocycles. The molecule has 32 heavy (non-hydrogen) atoms. The molecule has 0 heterocycles. The van der Waals surface area contributed by atoms with Gasteiger partial charge in [0, 0.05) is 5.69 Å². The highest BCUT2D eigenvalue weighted by atomic mass is 32.3. The zero-order chi connectivity index (χ0) is 24.2. The van der Waals surface area contributed by atoms with Crippen LogP contribution in [0.15, 0.2) is 42.1 Å². The van der Waals surface area contributed by atoms with Gasteiger partial charge in [-0.3, -0.25) is 4.55 Å². The molecular formula is C22H35NO8S. The number of benzene rings is 1. The number of aliphatic carboxylic acids is 2. The number of para-hydroxylation sites is 1. The Kier molecular flexibility index (Phi) is 16.8. The predicted octanol–water partition coefficient (Wildman–Crippen LogP) is 4.88. The van der Waals surface area contributed by atoms with E-state index in [4.69, 9.17) is 14.8 Å². The van der Waals surface area contributed by atoms with Crippen LogP contribution in [0.25, 0.3) is 0 Å². The maximum atomic E-state index is 10.6. The Labute approximate surface area is 190 Å². The van der Waals surface area contributed by atoms with Crippen molar-refractivity contribution in [2.75, 3.05) is 11.9 Å². The van der Waals surface area contributed by atoms with E-state index in [0.717, 1.165) is 12.8 Å². The molecule has 9 nitrogen and oxygen atoms in total. The first-order chi connectivity index (χ1) is 15.2. The van der Waals surface area contributed by atoms with Crippen LogP contribution in [-0.2, 0) is 24.2 Å². The van der Waals surface area contributed by atoms with E-state index in [0.29, 0.717) is 18.2 Å². The first kappa shape index (κ1) is 29.6. The summed E-state index contributed by atoms with van der Waals surface area (Å²) in [5.74, 6) is -2.63. The highest BCUT2D eigenvalue weighted by molar-refractivity contribution is 7.80. The average molecular weight is 474 g/mol. The van der Waals surface area contributed by atoms with Crippen molar-refractivity contribution in [1.29, 1.82) is 0 Å². The summed E-state index contributed by atoms with van der Waals surface area (Å²) in [6.45, 7) is 2.31. The van der Waals surface area contributed by atoms with Gasteiger partial charge in [-0.05, 0) is 18.6 Å². The van der Waals surface area contributed by atoms with Crippen LogP contribution in [0.1, 0.15) is 71.1 Å². The quantitative estimate of drug-likeness (QED) is 0.150. The van der Waals surface area contributed by atoms with Crippen molar-refractivity contribution in [2.45, 2.75) is 71.1 Å². The highest BCUT2D eigenvalue weighted by Gasteiger charge is 2.09. The van der Waals surface area contributed by atoms with E-state index in [1.807, 2.05) is 0 Å². The molecule has 0 aliphatic rings. The molecule has 10 heteroatoms. The van der Waals surface area contributed by atoms with Crippen molar-refractivity contribution >= 4 is 28.0 Å². The number of nitrogens with one attached hydrogen (secondary N) is 1. The molecular weight excluding hydrogens is 438 g/mol. The third kappa shape index (κ3) is 19.5. The molecule has 0 aliphatic heterocycles. The summed E-state index contributed by atoms with van der Waals surface area (Å²) in [7, 11) is -4.23. The van der Waals surface area contributed by atoms with Crippen molar-refractivity contribution in [3.8, 4) is 0 Å². The molecule has 0 radical (unpaired) electrons. The number of rotatable bonds is 16. The van der Waals surface area contributed by atoms with E-state index in [1.54, 1.807) is 30.3 Å². The van der Waals surface area contributed by atoms with Gasteiger partial charge >= 0.3 is 22.3 Å². The van der Waals surface area contributed by atoms with Crippen molar-refractivity contribution in [1.82, 2.24) is 0 Å². The summed E-state index contributed by atoms with van der Waals surface area (Å²) in [6.07, 6.45) is 12.5. The van der Waals surface area contributed by atoms with Gasteiger partial charge in [-0.2, -0.15) is 8.42 Å². The Morgan fingerprint density at radius 3 is 1.84 bits per heavy atom. The minimum atomic E-state index is -4.23. The average Bonchev–Trinajstić information content (AvgIpc) is 2.71. The van der Waals surface area contributed by atoms with Gasteiger partial charge in [0.25, 0.3) is 0 Å². The summed E-state index contributed by atoms with van der Waals surface area (Å²) < 4.78 is 33.0. The Morgan fingerprint density at radius 1 is 0.906 bits per heavy atom. The van der Waals surface area contributed by atoms with Gasteiger partial charge in [-0.25, -0.2) is 13.8 Å². The van der Waals surface area contributed by atoms with Crippen molar-refractivity contribution < 1.29 is 37.0 Å². The molecule has 1 rings (SSSR count).